The average Bonchev–Trinajstić information content (AvgIpc) is 2.39. The average molecular weight is 219 g/mol. The number of benzene rings is 1. The first kappa shape index (κ1) is 8.70. The second kappa shape index (κ2) is 3.04. The topological polar surface area (TPSA) is 37.8 Å². The van der Waals surface area contributed by atoms with Gasteiger partial charge in [0.05, 0.1) is 11.1 Å². The Kier molecular flexibility index (Phi) is 1.56. The number of fused-ring (bicyclic) bond motifs is 2. The maximum Gasteiger partial charge on any atom is 0.140 e. The van der Waals surface area contributed by atoms with E-state index in [1.807, 2.05) is 42.7 Å². The maximum absolute atomic E-state index is 4.50. The molecular formula is C14H9N3. The number of nitrogens with one attached hydrogen (secondary N) is 1. The molecule has 3 aromatic rings. The summed E-state index contributed by atoms with van der Waals surface area (Å²) in [6, 6.07) is 12.2. The number of pyridine rings is 2. The molecule has 0 spiro atoms. The Labute approximate surface area is 98.2 Å². The van der Waals surface area contributed by atoms with Gasteiger partial charge in [0.25, 0.3) is 0 Å². The number of rotatable bonds is 0. The van der Waals surface area contributed by atoms with Crippen molar-refractivity contribution in [2.45, 2.75) is 0 Å². The fraction of sp³-hybridized carbons (Fsp3) is 0. The molecule has 0 saturated carbocycles. The second-order valence-corrected chi connectivity index (χ2v) is 4.09. The zero-order valence-corrected chi connectivity index (χ0v) is 9.01. The van der Waals surface area contributed by atoms with Crippen LogP contribution in [0.3, 0.4) is 0 Å². The van der Waals surface area contributed by atoms with Crippen molar-refractivity contribution < 1.29 is 0 Å². The molecule has 0 atom stereocenters. The highest BCUT2D eigenvalue weighted by Crippen LogP contribution is 2.40. The van der Waals surface area contributed by atoms with Gasteiger partial charge in [0.1, 0.15) is 5.82 Å². The number of para-hydroxylation sites is 1. The molecule has 1 N–H and O–H groups in total. The van der Waals surface area contributed by atoms with Crippen LogP contribution in [0.1, 0.15) is 0 Å². The third kappa shape index (κ3) is 1.11. The highest BCUT2D eigenvalue weighted by molar-refractivity contribution is 6.08. The van der Waals surface area contributed by atoms with E-state index in [9.17, 15) is 0 Å². The molecule has 0 fully saturated rings. The van der Waals surface area contributed by atoms with E-state index in [1.54, 1.807) is 0 Å². The molecule has 80 valence electrons. The number of anilines is 2. The molecule has 3 heteroatoms. The quantitative estimate of drug-likeness (QED) is 0.493. The second-order valence-electron chi connectivity index (χ2n) is 4.09. The first-order chi connectivity index (χ1) is 8.43. The van der Waals surface area contributed by atoms with E-state index in [0.717, 1.165) is 28.1 Å². The van der Waals surface area contributed by atoms with Crippen molar-refractivity contribution in [3.8, 4) is 11.3 Å². The summed E-state index contributed by atoms with van der Waals surface area (Å²) < 4.78 is 0. The SMILES string of the molecule is c1ccc2c(c1)Nc1nccc3ccnc-2c13. The van der Waals surface area contributed by atoms with Gasteiger partial charge in [-0.15, -0.1) is 0 Å². The van der Waals surface area contributed by atoms with E-state index in [1.165, 1.54) is 5.39 Å². The fourth-order valence-electron chi connectivity index (χ4n) is 2.35. The summed E-state index contributed by atoms with van der Waals surface area (Å²) in [6.45, 7) is 0. The van der Waals surface area contributed by atoms with Crippen molar-refractivity contribution in [2.24, 2.45) is 0 Å². The number of hydrogen-bond donors (Lipinski definition) is 1. The van der Waals surface area contributed by atoms with Crippen molar-refractivity contribution in [2.75, 3.05) is 5.32 Å². The van der Waals surface area contributed by atoms with Crippen molar-refractivity contribution in [1.29, 1.82) is 0 Å². The fourth-order valence-corrected chi connectivity index (χ4v) is 2.35. The van der Waals surface area contributed by atoms with Gasteiger partial charge in [-0.05, 0) is 23.6 Å². The van der Waals surface area contributed by atoms with Crippen LogP contribution < -0.4 is 5.32 Å². The molecule has 1 aliphatic rings. The monoisotopic (exact) mass is 219 g/mol. The molecule has 3 heterocycles. The molecule has 1 aromatic carbocycles. The number of hydrogen-bond acceptors (Lipinski definition) is 3. The van der Waals surface area contributed by atoms with Crippen LogP contribution in [0.4, 0.5) is 11.5 Å². The smallest absolute Gasteiger partial charge is 0.140 e. The Morgan fingerprint density at radius 2 is 1.71 bits per heavy atom. The molecule has 2 aromatic heterocycles. The molecule has 0 radical (unpaired) electrons. The predicted octanol–water partition coefficient (Wildman–Crippen LogP) is 3.35. The number of aromatic nitrogens is 2. The van der Waals surface area contributed by atoms with Crippen molar-refractivity contribution >= 4 is 22.3 Å². The summed E-state index contributed by atoms with van der Waals surface area (Å²) in [4.78, 5) is 8.88. The van der Waals surface area contributed by atoms with E-state index < -0.39 is 0 Å². The van der Waals surface area contributed by atoms with Crippen molar-refractivity contribution in [1.82, 2.24) is 9.97 Å². The minimum Gasteiger partial charge on any atom is -0.339 e. The minimum atomic E-state index is 0.893. The van der Waals surface area contributed by atoms with Gasteiger partial charge in [0.15, 0.2) is 0 Å². The Balaban J connectivity index is 2.22. The van der Waals surface area contributed by atoms with Crippen LogP contribution in [0.2, 0.25) is 0 Å². The molecule has 3 nitrogen and oxygen atoms in total. The molecule has 0 aliphatic carbocycles. The van der Waals surface area contributed by atoms with Gasteiger partial charge >= 0.3 is 0 Å². The molecule has 0 saturated heterocycles. The molecule has 0 unspecified atom stereocenters. The maximum atomic E-state index is 4.50. The van der Waals surface area contributed by atoms with E-state index in [4.69, 9.17) is 0 Å². The predicted molar refractivity (Wildman–Crippen MR) is 68.3 cm³/mol. The van der Waals surface area contributed by atoms with Gasteiger partial charge < -0.3 is 5.32 Å². The minimum absolute atomic E-state index is 0.893. The van der Waals surface area contributed by atoms with Crippen LogP contribution in [0, 0.1) is 0 Å². The van der Waals surface area contributed by atoms with Crippen LogP contribution in [0.5, 0.6) is 0 Å². The lowest BCUT2D eigenvalue weighted by Crippen LogP contribution is -2.03. The summed E-state index contributed by atoms with van der Waals surface area (Å²) >= 11 is 0. The first-order valence-corrected chi connectivity index (χ1v) is 5.53. The van der Waals surface area contributed by atoms with Gasteiger partial charge in [-0.1, -0.05) is 18.2 Å². The third-order valence-corrected chi connectivity index (χ3v) is 3.11. The highest BCUT2D eigenvalue weighted by atomic mass is 15.0. The molecule has 4 rings (SSSR count). The summed E-state index contributed by atoms with van der Waals surface area (Å²) in [5.74, 6) is 0.893. The van der Waals surface area contributed by atoms with Crippen molar-refractivity contribution in [3.05, 3.63) is 48.8 Å². The molecule has 17 heavy (non-hydrogen) atoms. The van der Waals surface area contributed by atoms with Gasteiger partial charge in [-0.2, -0.15) is 0 Å². The Morgan fingerprint density at radius 3 is 2.65 bits per heavy atom. The standard InChI is InChI=1S/C14H9N3/c1-2-4-11-10(3-1)13-12-9(5-7-15-13)6-8-16-14(12)17-11/h1-8H,(H,16,17). The first-order valence-electron chi connectivity index (χ1n) is 5.53. The van der Waals surface area contributed by atoms with Crippen LogP contribution >= 0.6 is 0 Å². The molecule has 1 aliphatic heterocycles. The summed E-state index contributed by atoms with van der Waals surface area (Å²) in [7, 11) is 0. The molecule has 0 bridgehead atoms. The lowest BCUT2D eigenvalue weighted by Gasteiger charge is -2.19. The summed E-state index contributed by atoms with van der Waals surface area (Å²) in [6.07, 6.45) is 3.67. The van der Waals surface area contributed by atoms with Crippen LogP contribution in [0.15, 0.2) is 48.8 Å². The third-order valence-electron chi connectivity index (χ3n) is 3.11. The van der Waals surface area contributed by atoms with E-state index in [0.29, 0.717) is 0 Å². The molecule has 0 amide bonds. The highest BCUT2D eigenvalue weighted by Gasteiger charge is 2.18. The zero-order valence-electron chi connectivity index (χ0n) is 9.01. The Hall–Kier alpha value is -2.42. The summed E-state index contributed by atoms with van der Waals surface area (Å²) in [5, 5.41) is 5.63. The van der Waals surface area contributed by atoms with Crippen molar-refractivity contribution in [3.63, 3.8) is 0 Å². The largest absolute Gasteiger partial charge is 0.339 e. The van der Waals surface area contributed by atoms with Gasteiger partial charge in [0.2, 0.25) is 0 Å². The van der Waals surface area contributed by atoms with Crippen LogP contribution in [-0.2, 0) is 0 Å². The number of nitrogens with zero attached hydrogens (tertiary/aromatic N) is 2. The Morgan fingerprint density at radius 1 is 0.882 bits per heavy atom. The normalized spacial score (nSPS) is 12.0. The van der Waals surface area contributed by atoms with Crippen LogP contribution in [0.25, 0.3) is 22.0 Å². The lowest BCUT2D eigenvalue weighted by molar-refractivity contribution is 1.28. The van der Waals surface area contributed by atoms with Gasteiger partial charge in [-0.25, -0.2) is 4.98 Å². The molecular weight excluding hydrogens is 210 g/mol. The zero-order chi connectivity index (χ0) is 11.2. The summed E-state index contributed by atoms with van der Waals surface area (Å²) in [5.41, 5.74) is 3.22. The lowest BCUT2D eigenvalue weighted by atomic mass is 10.00. The van der Waals surface area contributed by atoms with Gasteiger partial charge in [0, 0.05) is 23.6 Å². The van der Waals surface area contributed by atoms with Gasteiger partial charge in [-0.3, -0.25) is 4.98 Å². The van der Waals surface area contributed by atoms with E-state index >= 15 is 0 Å². The van der Waals surface area contributed by atoms with E-state index in [-0.39, 0.29) is 0 Å². The van der Waals surface area contributed by atoms with E-state index in [2.05, 4.69) is 21.4 Å². The Bertz CT molecular complexity index is 729. The van der Waals surface area contributed by atoms with Crippen LogP contribution in [-0.4, -0.2) is 9.97 Å².